The van der Waals surface area contributed by atoms with E-state index in [0.29, 0.717) is 11.0 Å². The van der Waals surface area contributed by atoms with E-state index in [1.165, 1.54) is 25.9 Å². The van der Waals surface area contributed by atoms with Crippen LogP contribution in [0.25, 0.3) is 0 Å². The molecule has 2 aliphatic rings. The number of aromatic nitrogens is 2. The Kier molecular flexibility index (Phi) is 3.24. The highest BCUT2D eigenvalue weighted by molar-refractivity contribution is 5.36. The molecule has 3 rings (SSSR count). The van der Waals surface area contributed by atoms with Crippen LogP contribution in [0.1, 0.15) is 39.2 Å². The average Bonchev–Trinajstić information content (AvgIpc) is 2.36. The zero-order chi connectivity index (χ0) is 14.4. The molecule has 2 saturated heterocycles. The van der Waals surface area contributed by atoms with Crippen LogP contribution in [0.4, 0.5) is 5.95 Å². The topological polar surface area (TPSA) is 32.3 Å². The van der Waals surface area contributed by atoms with Crippen molar-refractivity contribution in [2.45, 2.75) is 46.1 Å². The lowest BCUT2D eigenvalue weighted by Crippen LogP contribution is -2.62. The predicted molar refractivity (Wildman–Crippen MR) is 82.0 cm³/mol. The van der Waals surface area contributed by atoms with E-state index < -0.39 is 0 Å². The SMILES string of the molecule is Cc1cnc(N2CC3(CCN(C(C)(C)C)CC3)C2)nc1. The number of rotatable bonds is 1. The summed E-state index contributed by atoms with van der Waals surface area (Å²) in [6.07, 6.45) is 6.45. The van der Waals surface area contributed by atoms with Gasteiger partial charge in [0.2, 0.25) is 5.95 Å². The summed E-state index contributed by atoms with van der Waals surface area (Å²) >= 11 is 0. The van der Waals surface area contributed by atoms with Gasteiger partial charge >= 0.3 is 0 Å². The van der Waals surface area contributed by atoms with Crippen molar-refractivity contribution in [2.24, 2.45) is 5.41 Å². The predicted octanol–water partition coefficient (Wildman–Crippen LogP) is 2.49. The Balaban J connectivity index is 1.57. The molecule has 0 unspecified atom stereocenters. The number of likely N-dealkylation sites (tertiary alicyclic amines) is 1. The molecule has 0 aliphatic carbocycles. The van der Waals surface area contributed by atoms with Gasteiger partial charge in [-0.3, -0.25) is 4.90 Å². The van der Waals surface area contributed by atoms with Gasteiger partial charge in [0.1, 0.15) is 0 Å². The third kappa shape index (κ3) is 2.53. The minimum Gasteiger partial charge on any atom is -0.340 e. The molecule has 2 fully saturated rings. The van der Waals surface area contributed by atoms with Crippen molar-refractivity contribution in [2.75, 3.05) is 31.1 Å². The van der Waals surface area contributed by atoms with Gasteiger partial charge in [0.15, 0.2) is 0 Å². The Morgan fingerprint density at radius 1 is 1.05 bits per heavy atom. The molecule has 4 heteroatoms. The highest BCUT2D eigenvalue weighted by Crippen LogP contribution is 2.42. The monoisotopic (exact) mass is 274 g/mol. The largest absolute Gasteiger partial charge is 0.340 e. The third-order valence-electron chi connectivity index (χ3n) is 4.88. The lowest BCUT2D eigenvalue weighted by atomic mass is 9.71. The van der Waals surface area contributed by atoms with Crippen molar-refractivity contribution in [3.05, 3.63) is 18.0 Å². The van der Waals surface area contributed by atoms with Gasteiger partial charge in [-0.2, -0.15) is 0 Å². The van der Waals surface area contributed by atoms with Crippen LogP contribution in [-0.4, -0.2) is 46.6 Å². The van der Waals surface area contributed by atoms with E-state index in [1.807, 2.05) is 19.3 Å². The first-order valence-corrected chi connectivity index (χ1v) is 7.67. The van der Waals surface area contributed by atoms with Gasteiger partial charge in [-0.05, 0) is 59.2 Å². The number of anilines is 1. The molecule has 0 amide bonds. The minimum atomic E-state index is 0.311. The number of piperidine rings is 1. The molecule has 0 atom stereocenters. The van der Waals surface area contributed by atoms with E-state index in [9.17, 15) is 0 Å². The fourth-order valence-electron chi connectivity index (χ4n) is 3.42. The molecule has 0 N–H and O–H groups in total. The van der Waals surface area contributed by atoms with Crippen LogP contribution in [0.2, 0.25) is 0 Å². The second kappa shape index (κ2) is 4.69. The minimum absolute atomic E-state index is 0.311. The summed E-state index contributed by atoms with van der Waals surface area (Å²) in [5, 5.41) is 0. The quantitative estimate of drug-likeness (QED) is 0.787. The van der Waals surface area contributed by atoms with Crippen LogP contribution >= 0.6 is 0 Å². The van der Waals surface area contributed by atoms with Crippen molar-refractivity contribution in [3.8, 4) is 0 Å². The first-order valence-electron chi connectivity index (χ1n) is 7.67. The summed E-state index contributed by atoms with van der Waals surface area (Å²) < 4.78 is 0. The summed E-state index contributed by atoms with van der Waals surface area (Å²) in [6.45, 7) is 13.7. The molecule has 0 aromatic carbocycles. The smallest absolute Gasteiger partial charge is 0.225 e. The van der Waals surface area contributed by atoms with Gasteiger partial charge in [-0.25, -0.2) is 9.97 Å². The van der Waals surface area contributed by atoms with E-state index in [2.05, 4.69) is 40.5 Å². The maximum absolute atomic E-state index is 4.44. The first kappa shape index (κ1) is 13.8. The Morgan fingerprint density at radius 3 is 2.10 bits per heavy atom. The molecule has 2 aliphatic heterocycles. The number of hydrogen-bond acceptors (Lipinski definition) is 4. The van der Waals surface area contributed by atoms with E-state index in [-0.39, 0.29) is 0 Å². The van der Waals surface area contributed by atoms with Crippen LogP contribution in [0.15, 0.2) is 12.4 Å². The molecule has 1 aromatic heterocycles. The molecule has 1 spiro atoms. The second-order valence-electron chi connectivity index (χ2n) is 7.57. The van der Waals surface area contributed by atoms with Crippen molar-refractivity contribution < 1.29 is 0 Å². The van der Waals surface area contributed by atoms with Crippen LogP contribution < -0.4 is 4.90 Å². The average molecular weight is 274 g/mol. The zero-order valence-electron chi connectivity index (χ0n) is 13.2. The summed E-state index contributed by atoms with van der Waals surface area (Å²) in [7, 11) is 0. The van der Waals surface area contributed by atoms with Crippen LogP contribution in [0.5, 0.6) is 0 Å². The molecule has 20 heavy (non-hydrogen) atoms. The van der Waals surface area contributed by atoms with Gasteiger partial charge in [0.25, 0.3) is 0 Å². The maximum Gasteiger partial charge on any atom is 0.225 e. The molecule has 0 bridgehead atoms. The molecular formula is C16H26N4. The molecule has 0 radical (unpaired) electrons. The van der Waals surface area contributed by atoms with E-state index in [1.54, 1.807) is 0 Å². The fraction of sp³-hybridized carbons (Fsp3) is 0.750. The van der Waals surface area contributed by atoms with Gasteiger partial charge in [-0.15, -0.1) is 0 Å². The zero-order valence-corrected chi connectivity index (χ0v) is 13.2. The van der Waals surface area contributed by atoms with E-state index in [4.69, 9.17) is 0 Å². The Hall–Kier alpha value is -1.16. The number of aryl methyl sites for hydroxylation is 1. The highest BCUT2D eigenvalue weighted by Gasteiger charge is 2.46. The van der Waals surface area contributed by atoms with Crippen LogP contribution in [0, 0.1) is 12.3 Å². The normalized spacial score (nSPS) is 22.9. The standard InChI is InChI=1S/C16H26N4/c1-13-9-17-14(18-10-13)19-11-16(12-19)5-7-20(8-6-16)15(2,3)4/h9-10H,5-8,11-12H2,1-4H3. The third-order valence-corrected chi connectivity index (χ3v) is 4.88. The van der Waals surface area contributed by atoms with Crippen LogP contribution in [-0.2, 0) is 0 Å². The van der Waals surface area contributed by atoms with Crippen molar-refractivity contribution in [1.29, 1.82) is 0 Å². The molecule has 0 saturated carbocycles. The number of hydrogen-bond donors (Lipinski definition) is 0. The first-order chi connectivity index (χ1) is 9.38. The summed E-state index contributed by atoms with van der Waals surface area (Å²) in [5.41, 5.74) is 1.96. The van der Waals surface area contributed by atoms with E-state index >= 15 is 0 Å². The maximum atomic E-state index is 4.44. The molecular weight excluding hydrogens is 248 g/mol. The Labute approximate surface area is 122 Å². The molecule has 1 aromatic rings. The lowest BCUT2D eigenvalue weighted by Gasteiger charge is -2.55. The Bertz CT molecular complexity index is 458. The lowest BCUT2D eigenvalue weighted by molar-refractivity contribution is 0.0265. The summed E-state index contributed by atoms with van der Waals surface area (Å²) in [4.78, 5) is 13.8. The molecule has 3 heterocycles. The van der Waals surface area contributed by atoms with Gasteiger partial charge < -0.3 is 4.90 Å². The van der Waals surface area contributed by atoms with Crippen molar-refractivity contribution in [1.82, 2.24) is 14.9 Å². The van der Waals surface area contributed by atoms with Gasteiger partial charge in [0.05, 0.1) is 0 Å². The van der Waals surface area contributed by atoms with Gasteiger partial charge in [0, 0.05) is 36.4 Å². The fourth-order valence-corrected chi connectivity index (χ4v) is 3.42. The molecule has 110 valence electrons. The summed E-state index contributed by atoms with van der Waals surface area (Å²) in [5.74, 6) is 0.902. The highest BCUT2D eigenvalue weighted by atomic mass is 15.3. The van der Waals surface area contributed by atoms with Gasteiger partial charge in [-0.1, -0.05) is 0 Å². The van der Waals surface area contributed by atoms with Crippen molar-refractivity contribution >= 4 is 5.95 Å². The van der Waals surface area contributed by atoms with Crippen molar-refractivity contribution in [3.63, 3.8) is 0 Å². The Morgan fingerprint density at radius 2 is 1.60 bits per heavy atom. The molecule has 4 nitrogen and oxygen atoms in total. The number of nitrogens with zero attached hydrogens (tertiary/aromatic N) is 4. The second-order valence-corrected chi connectivity index (χ2v) is 7.57. The van der Waals surface area contributed by atoms with E-state index in [0.717, 1.165) is 24.6 Å². The van der Waals surface area contributed by atoms with Crippen LogP contribution in [0.3, 0.4) is 0 Å². The summed E-state index contributed by atoms with van der Waals surface area (Å²) in [6, 6.07) is 0.